The van der Waals surface area contributed by atoms with Gasteiger partial charge < -0.3 is 15.4 Å². The van der Waals surface area contributed by atoms with Crippen LogP contribution in [0.1, 0.15) is 72.2 Å². The number of hydrogen-bond acceptors (Lipinski definition) is 4. The van der Waals surface area contributed by atoms with Gasteiger partial charge in [-0.15, -0.1) is 0 Å². The van der Waals surface area contributed by atoms with Gasteiger partial charge >= 0.3 is 0 Å². The van der Waals surface area contributed by atoms with E-state index < -0.39 is 0 Å². The zero-order valence-electron chi connectivity index (χ0n) is 20.0. The van der Waals surface area contributed by atoms with E-state index in [4.69, 9.17) is 16.3 Å². The highest BCUT2D eigenvalue weighted by atomic mass is 35.5. The summed E-state index contributed by atoms with van der Waals surface area (Å²) < 4.78 is 5.80. The van der Waals surface area contributed by atoms with Crippen molar-refractivity contribution >= 4 is 29.1 Å². The summed E-state index contributed by atoms with van der Waals surface area (Å²) in [6, 6.07) is 12.9. The molecule has 4 rings (SSSR count). The van der Waals surface area contributed by atoms with Crippen molar-refractivity contribution in [2.75, 3.05) is 18.4 Å². The van der Waals surface area contributed by atoms with Crippen molar-refractivity contribution in [2.24, 2.45) is 0 Å². The molecule has 1 heterocycles. The van der Waals surface area contributed by atoms with E-state index in [-0.39, 0.29) is 30.1 Å². The summed E-state index contributed by atoms with van der Waals surface area (Å²) in [7, 11) is 0. The second kappa shape index (κ2) is 11.3. The van der Waals surface area contributed by atoms with Gasteiger partial charge in [0.15, 0.2) is 0 Å². The Morgan fingerprint density at radius 2 is 1.65 bits per heavy atom. The third-order valence-electron chi connectivity index (χ3n) is 6.53. The van der Waals surface area contributed by atoms with Gasteiger partial charge in [0.2, 0.25) is 0 Å². The Morgan fingerprint density at radius 3 is 2.32 bits per heavy atom. The van der Waals surface area contributed by atoms with Crippen molar-refractivity contribution in [3.63, 3.8) is 0 Å². The monoisotopic (exact) mass is 483 g/mol. The molecule has 2 N–H and O–H groups in total. The molecule has 2 unspecified atom stereocenters. The normalized spacial score (nSPS) is 21.7. The number of rotatable bonds is 6. The lowest BCUT2D eigenvalue weighted by Gasteiger charge is -2.35. The fourth-order valence-corrected chi connectivity index (χ4v) is 5.13. The number of halogens is 1. The number of carbonyl (C=O) groups excluding carboxylic acids is 2. The van der Waals surface area contributed by atoms with Crippen molar-refractivity contribution in [1.82, 2.24) is 10.2 Å². The van der Waals surface area contributed by atoms with Gasteiger partial charge in [0.25, 0.3) is 11.8 Å². The van der Waals surface area contributed by atoms with Gasteiger partial charge in [0, 0.05) is 36.9 Å². The minimum Gasteiger partial charge on any atom is -0.373 e. The van der Waals surface area contributed by atoms with Crippen LogP contribution in [0, 0.1) is 0 Å². The average Bonchev–Trinajstić information content (AvgIpc) is 2.80. The Labute approximate surface area is 207 Å². The lowest BCUT2D eigenvalue weighted by molar-refractivity contribution is -0.0704. The van der Waals surface area contributed by atoms with E-state index in [0.29, 0.717) is 21.8 Å². The van der Waals surface area contributed by atoms with E-state index in [9.17, 15) is 9.59 Å². The van der Waals surface area contributed by atoms with E-state index in [2.05, 4.69) is 29.4 Å². The van der Waals surface area contributed by atoms with Crippen LogP contribution >= 0.6 is 11.6 Å². The topological polar surface area (TPSA) is 70.7 Å². The van der Waals surface area contributed by atoms with E-state index in [1.807, 2.05) is 24.3 Å². The molecule has 182 valence electrons. The molecule has 1 saturated heterocycles. The fourth-order valence-electron chi connectivity index (χ4n) is 4.92. The first-order valence-corrected chi connectivity index (χ1v) is 12.6. The fraction of sp³-hybridized carbons (Fsp3) is 0.481. The smallest absolute Gasteiger partial charge is 0.255 e. The third kappa shape index (κ3) is 6.59. The van der Waals surface area contributed by atoms with E-state index in [1.165, 1.54) is 6.42 Å². The number of benzene rings is 2. The third-order valence-corrected chi connectivity index (χ3v) is 6.86. The van der Waals surface area contributed by atoms with Crippen molar-refractivity contribution in [1.29, 1.82) is 0 Å². The quantitative estimate of drug-likeness (QED) is 0.587. The summed E-state index contributed by atoms with van der Waals surface area (Å²) in [5.41, 5.74) is 2.65. The number of amides is 2. The maximum atomic E-state index is 12.8. The van der Waals surface area contributed by atoms with Crippen molar-refractivity contribution in [3.8, 4) is 0 Å². The molecule has 6 nitrogen and oxygen atoms in total. The molecule has 0 bridgehead atoms. The van der Waals surface area contributed by atoms with Gasteiger partial charge in [-0.1, -0.05) is 43.0 Å². The van der Waals surface area contributed by atoms with E-state index in [0.717, 1.165) is 50.9 Å². The van der Waals surface area contributed by atoms with Gasteiger partial charge in [-0.25, -0.2) is 0 Å². The standard InChI is InChI=1S/C27H34ClN3O3/c1-18-15-31(16-19(2)34-18)17-20-8-10-21(11-9-20)26(32)30-23-12-13-25(28)24(14-23)27(33)29-22-6-4-3-5-7-22/h8-14,18-19,22H,3-7,15-17H2,1-2H3,(H,29,33)(H,30,32). The molecule has 0 radical (unpaired) electrons. The summed E-state index contributed by atoms with van der Waals surface area (Å²) in [5.74, 6) is -0.412. The van der Waals surface area contributed by atoms with Crippen LogP contribution in [0.15, 0.2) is 42.5 Å². The molecule has 2 atom stereocenters. The average molecular weight is 484 g/mol. The van der Waals surface area contributed by atoms with Crippen LogP contribution in [-0.4, -0.2) is 48.1 Å². The molecule has 2 aliphatic rings. The van der Waals surface area contributed by atoms with E-state index >= 15 is 0 Å². The van der Waals surface area contributed by atoms with Crippen LogP contribution in [0.3, 0.4) is 0 Å². The minimum absolute atomic E-state index is 0.191. The molecule has 2 aromatic rings. The summed E-state index contributed by atoms with van der Waals surface area (Å²) in [4.78, 5) is 28.0. The first-order valence-electron chi connectivity index (χ1n) is 12.3. The van der Waals surface area contributed by atoms with Crippen molar-refractivity contribution in [2.45, 2.75) is 70.7 Å². The highest BCUT2D eigenvalue weighted by molar-refractivity contribution is 6.34. The Morgan fingerprint density at radius 1 is 0.971 bits per heavy atom. The van der Waals surface area contributed by atoms with Crippen LogP contribution in [0.5, 0.6) is 0 Å². The lowest BCUT2D eigenvalue weighted by Crippen LogP contribution is -2.44. The number of nitrogens with one attached hydrogen (secondary N) is 2. The molecule has 0 aromatic heterocycles. The van der Waals surface area contributed by atoms with Gasteiger partial charge in [-0.3, -0.25) is 14.5 Å². The second-order valence-corrected chi connectivity index (χ2v) is 10.0. The number of hydrogen-bond donors (Lipinski definition) is 2. The summed E-state index contributed by atoms with van der Waals surface area (Å²) in [6.07, 6.45) is 5.95. The first-order chi connectivity index (χ1) is 16.4. The highest BCUT2D eigenvalue weighted by Gasteiger charge is 2.22. The van der Waals surface area contributed by atoms with Crippen LogP contribution in [0.2, 0.25) is 5.02 Å². The van der Waals surface area contributed by atoms with Crippen molar-refractivity contribution in [3.05, 3.63) is 64.2 Å². The Kier molecular flexibility index (Phi) is 8.24. The molecular formula is C27H34ClN3O3. The predicted molar refractivity (Wildman–Crippen MR) is 135 cm³/mol. The summed E-state index contributed by atoms with van der Waals surface area (Å²) >= 11 is 6.29. The zero-order chi connectivity index (χ0) is 24.1. The molecule has 34 heavy (non-hydrogen) atoms. The Bertz CT molecular complexity index is 995. The van der Waals surface area contributed by atoms with Crippen LogP contribution in [0.4, 0.5) is 5.69 Å². The number of carbonyl (C=O) groups is 2. The van der Waals surface area contributed by atoms with Crippen LogP contribution in [-0.2, 0) is 11.3 Å². The second-order valence-electron chi connectivity index (χ2n) is 9.61. The lowest BCUT2D eigenvalue weighted by atomic mass is 9.95. The van der Waals surface area contributed by atoms with Crippen LogP contribution in [0.25, 0.3) is 0 Å². The predicted octanol–water partition coefficient (Wildman–Crippen LogP) is 5.26. The SMILES string of the molecule is CC1CN(Cc2ccc(C(=O)Nc3ccc(Cl)c(C(=O)NC4CCCCC4)c3)cc2)CC(C)O1. The number of anilines is 1. The highest BCUT2D eigenvalue weighted by Crippen LogP contribution is 2.23. The minimum atomic E-state index is -0.221. The summed E-state index contributed by atoms with van der Waals surface area (Å²) in [6.45, 7) is 6.83. The Balaban J connectivity index is 1.36. The number of nitrogens with zero attached hydrogens (tertiary/aromatic N) is 1. The molecule has 0 spiro atoms. The molecule has 2 amide bonds. The maximum absolute atomic E-state index is 12.8. The van der Waals surface area contributed by atoms with E-state index in [1.54, 1.807) is 18.2 Å². The first kappa shape index (κ1) is 24.7. The maximum Gasteiger partial charge on any atom is 0.255 e. The Hall–Kier alpha value is -2.41. The van der Waals surface area contributed by atoms with Crippen molar-refractivity contribution < 1.29 is 14.3 Å². The van der Waals surface area contributed by atoms with Gasteiger partial charge in [0.05, 0.1) is 22.8 Å². The molecule has 1 saturated carbocycles. The zero-order valence-corrected chi connectivity index (χ0v) is 20.7. The molecule has 2 aromatic carbocycles. The molecular weight excluding hydrogens is 450 g/mol. The molecule has 1 aliphatic carbocycles. The molecule has 1 aliphatic heterocycles. The largest absolute Gasteiger partial charge is 0.373 e. The molecule has 7 heteroatoms. The number of morpholine rings is 1. The summed E-state index contributed by atoms with van der Waals surface area (Å²) in [5, 5.41) is 6.35. The number of ether oxygens (including phenoxy) is 1. The van der Waals surface area contributed by atoms with Crippen LogP contribution < -0.4 is 10.6 Å². The molecule has 2 fully saturated rings. The van der Waals surface area contributed by atoms with Gasteiger partial charge in [-0.05, 0) is 62.6 Å². The van der Waals surface area contributed by atoms with Gasteiger partial charge in [0.1, 0.15) is 0 Å². The van der Waals surface area contributed by atoms with Gasteiger partial charge in [-0.2, -0.15) is 0 Å².